The van der Waals surface area contributed by atoms with E-state index < -0.39 is 35.9 Å². The van der Waals surface area contributed by atoms with Crippen LogP contribution in [0.5, 0.6) is 0 Å². The van der Waals surface area contributed by atoms with Gasteiger partial charge in [-0.25, -0.2) is 9.18 Å². The van der Waals surface area contributed by atoms with Gasteiger partial charge in [-0.05, 0) is 47.9 Å². The molecular weight excluding hydrogens is 357 g/mol. The number of aryl methyl sites for hydroxylation is 1. The molecule has 1 aliphatic heterocycles. The number of hydrogen-bond donors (Lipinski definition) is 4. The molecule has 3 rings (SSSR count). The maximum absolute atomic E-state index is 13.1. The van der Waals surface area contributed by atoms with Crippen LogP contribution in [-0.2, 0) is 16.0 Å². The summed E-state index contributed by atoms with van der Waals surface area (Å²) in [4.78, 5) is 35.0. The normalized spacial score (nSPS) is 19.0. The molecule has 2 aromatic rings. The van der Waals surface area contributed by atoms with E-state index in [1.807, 2.05) is 0 Å². The quantitative estimate of drug-likeness (QED) is 0.614. The summed E-state index contributed by atoms with van der Waals surface area (Å²) in [5.41, 5.74) is 1.49. The lowest BCUT2D eigenvalue weighted by atomic mass is 10.1. The Hall–Kier alpha value is -3.20. The number of halogens is 1. The molecular formula is C18H18FN3O5. The number of aliphatic hydroxyl groups excluding tert-OH is 1. The summed E-state index contributed by atoms with van der Waals surface area (Å²) in [7, 11) is 0. The maximum Gasteiger partial charge on any atom is 0.416 e. The number of aromatic nitrogens is 1. The van der Waals surface area contributed by atoms with Crippen LogP contribution in [0, 0.1) is 5.82 Å². The summed E-state index contributed by atoms with van der Waals surface area (Å²) in [5.74, 6) is -1.30. The van der Waals surface area contributed by atoms with Gasteiger partial charge in [0.25, 0.3) is 0 Å². The van der Waals surface area contributed by atoms with Gasteiger partial charge >= 0.3 is 6.09 Å². The third-order valence-corrected chi connectivity index (χ3v) is 4.33. The van der Waals surface area contributed by atoms with E-state index in [1.165, 1.54) is 30.5 Å². The van der Waals surface area contributed by atoms with Crippen LogP contribution in [0.25, 0.3) is 11.3 Å². The van der Waals surface area contributed by atoms with Gasteiger partial charge in [0.2, 0.25) is 11.8 Å². The molecule has 2 heterocycles. The number of nitrogens with zero attached hydrogens (tertiary/aromatic N) is 1. The summed E-state index contributed by atoms with van der Waals surface area (Å²) >= 11 is 0. The molecule has 1 saturated heterocycles. The minimum Gasteiger partial charge on any atom is -0.464 e. The number of carbonyl (C=O) groups excluding carboxylic acids is 2. The number of carboxylic acid groups (broad SMARTS) is 1. The SMILES string of the molecule is O=C(CCc1cc(-c2ccc(F)cc2)n(C(=O)O)c1)N[C@@H]1C(=O)NC[C@H]1O. The van der Waals surface area contributed by atoms with Crippen molar-refractivity contribution in [2.75, 3.05) is 6.54 Å². The first kappa shape index (κ1) is 18.6. The number of β-amino-alcohol motifs (C(OH)–C–C–N with tert-alkyl or cyclic N) is 1. The van der Waals surface area contributed by atoms with E-state index in [9.17, 15) is 29.0 Å². The first-order valence-corrected chi connectivity index (χ1v) is 8.31. The largest absolute Gasteiger partial charge is 0.464 e. The predicted octanol–water partition coefficient (Wildman–Crippen LogP) is 0.728. The fraction of sp³-hybridized carbons (Fsp3) is 0.278. The van der Waals surface area contributed by atoms with E-state index >= 15 is 0 Å². The Morgan fingerprint density at radius 1 is 1.30 bits per heavy atom. The van der Waals surface area contributed by atoms with Gasteiger partial charge in [0.1, 0.15) is 18.0 Å². The highest BCUT2D eigenvalue weighted by molar-refractivity contribution is 5.90. The molecule has 9 heteroatoms. The summed E-state index contributed by atoms with van der Waals surface area (Å²) < 4.78 is 14.1. The fourth-order valence-electron chi connectivity index (χ4n) is 2.93. The third kappa shape index (κ3) is 4.14. The van der Waals surface area contributed by atoms with E-state index in [-0.39, 0.29) is 19.4 Å². The molecule has 1 aromatic carbocycles. The average Bonchev–Trinajstić information content (AvgIpc) is 3.19. The molecule has 0 saturated carbocycles. The molecule has 1 fully saturated rings. The van der Waals surface area contributed by atoms with Crippen LogP contribution in [-0.4, -0.2) is 51.4 Å². The molecule has 4 N–H and O–H groups in total. The number of amides is 2. The van der Waals surface area contributed by atoms with Crippen LogP contribution in [0.1, 0.15) is 12.0 Å². The van der Waals surface area contributed by atoms with Crippen LogP contribution in [0.15, 0.2) is 36.5 Å². The Bertz CT molecular complexity index is 878. The topological polar surface area (TPSA) is 121 Å². The molecule has 142 valence electrons. The van der Waals surface area contributed by atoms with Crippen molar-refractivity contribution >= 4 is 17.9 Å². The molecule has 0 aliphatic carbocycles. The monoisotopic (exact) mass is 375 g/mol. The number of hydrogen-bond acceptors (Lipinski definition) is 4. The van der Waals surface area contributed by atoms with E-state index in [0.29, 0.717) is 16.8 Å². The van der Waals surface area contributed by atoms with Crippen molar-refractivity contribution in [3.63, 3.8) is 0 Å². The standard InChI is InChI=1S/C18H18FN3O5/c19-12-4-2-11(3-5-12)13-7-10(9-22(13)18(26)27)1-6-15(24)21-16-14(23)8-20-17(16)25/h2-5,7,9,14,16,23H,1,6,8H2,(H,20,25)(H,21,24)(H,26,27)/t14-,16+/m1/s1. The highest BCUT2D eigenvalue weighted by Gasteiger charge is 2.34. The minimum absolute atomic E-state index is 0.0169. The molecule has 0 spiro atoms. The molecule has 27 heavy (non-hydrogen) atoms. The van der Waals surface area contributed by atoms with E-state index in [4.69, 9.17) is 0 Å². The zero-order valence-electron chi connectivity index (χ0n) is 14.2. The molecule has 1 aromatic heterocycles. The Kier molecular flexibility index (Phi) is 5.22. The van der Waals surface area contributed by atoms with Gasteiger partial charge < -0.3 is 20.8 Å². The smallest absolute Gasteiger partial charge is 0.416 e. The van der Waals surface area contributed by atoms with Crippen molar-refractivity contribution < 1.29 is 29.0 Å². The number of rotatable bonds is 5. The van der Waals surface area contributed by atoms with Crippen LogP contribution >= 0.6 is 0 Å². The predicted molar refractivity (Wildman–Crippen MR) is 92.5 cm³/mol. The second-order valence-electron chi connectivity index (χ2n) is 6.25. The first-order valence-electron chi connectivity index (χ1n) is 8.31. The Morgan fingerprint density at radius 3 is 2.59 bits per heavy atom. The molecule has 0 unspecified atom stereocenters. The van der Waals surface area contributed by atoms with Gasteiger partial charge in [-0.1, -0.05) is 0 Å². The van der Waals surface area contributed by atoms with Crippen molar-refractivity contribution in [1.29, 1.82) is 0 Å². The first-order chi connectivity index (χ1) is 12.8. The van der Waals surface area contributed by atoms with Crippen LogP contribution in [0.2, 0.25) is 0 Å². The second kappa shape index (κ2) is 7.58. The summed E-state index contributed by atoms with van der Waals surface area (Å²) in [6, 6.07) is 6.06. The van der Waals surface area contributed by atoms with E-state index in [0.717, 1.165) is 4.57 Å². The van der Waals surface area contributed by atoms with Gasteiger partial charge in [0, 0.05) is 19.2 Å². The average molecular weight is 375 g/mol. The van der Waals surface area contributed by atoms with Crippen molar-refractivity contribution in [2.24, 2.45) is 0 Å². The van der Waals surface area contributed by atoms with Gasteiger partial charge in [-0.2, -0.15) is 0 Å². The third-order valence-electron chi connectivity index (χ3n) is 4.33. The lowest BCUT2D eigenvalue weighted by molar-refractivity contribution is -0.128. The molecule has 0 radical (unpaired) electrons. The Balaban J connectivity index is 1.69. The number of aliphatic hydroxyl groups is 1. The Morgan fingerprint density at radius 2 is 2.00 bits per heavy atom. The molecule has 8 nitrogen and oxygen atoms in total. The highest BCUT2D eigenvalue weighted by Crippen LogP contribution is 2.23. The summed E-state index contributed by atoms with van der Waals surface area (Å²) in [6.45, 7) is 0.0896. The number of benzene rings is 1. The van der Waals surface area contributed by atoms with Gasteiger partial charge in [0.15, 0.2) is 0 Å². The molecule has 1 aliphatic rings. The van der Waals surface area contributed by atoms with Crippen molar-refractivity contribution in [3.8, 4) is 11.3 Å². The molecule has 2 atom stereocenters. The van der Waals surface area contributed by atoms with Gasteiger partial charge in [-0.15, -0.1) is 0 Å². The van der Waals surface area contributed by atoms with E-state index in [1.54, 1.807) is 6.07 Å². The Labute approximate surface area is 153 Å². The van der Waals surface area contributed by atoms with Crippen LogP contribution in [0.3, 0.4) is 0 Å². The fourth-order valence-corrected chi connectivity index (χ4v) is 2.93. The number of carbonyl (C=O) groups is 3. The van der Waals surface area contributed by atoms with E-state index in [2.05, 4.69) is 10.6 Å². The van der Waals surface area contributed by atoms with Crippen molar-refractivity contribution in [1.82, 2.24) is 15.2 Å². The zero-order chi connectivity index (χ0) is 19.6. The zero-order valence-corrected chi connectivity index (χ0v) is 14.2. The maximum atomic E-state index is 13.1. The summed E-state index contributed by atoms with van der Waals surface area (Å²) in [5, 5.41) is 23.9. The minimum atomic E-state index is -1.20. The molecule has 0 bridgehead atoms. The second-order valence-corrected chi connectivity index (χ2v) is 6.25. The number of nitrogens with one attached hydrogen (secondary N) is 2. The van der Waals surface area contributed by atoms with Crippen LogP contribution < -0.4 is 10.6 Å². The molecule has 2 amide bonds. The lowest BCUT2D eigenvalue weighted by Gasteiger charge is -2.13. The van der Waals surface area contributed by atoms with Crippen molar-refractivity contribution in [2.45, 2.75) is 25.0 Å². The van der Waals surface area contributed by atoms with Crippen LogP contribution in [0.4, 0.5) is 9.18 Å². The van der Waals surface area contributed by atoms with Gasteiger partial charge in [-0.3, -0.25) is 14.2 Å². The highest BCUT2D eigenvalue weighted by atomic mass is 19.1. The lowest BCUT2D eigenvalue weighted by Crippen LogP contribution is -2.45. The van der Waals surface area contributed by atoms with Crippen molar-refractivity contribution in [3.05, 3.63) is 47.9 Å². The van der Waals surface area contributed by atoms with Gasteiger partial charge in [0.05, 0.1) is 5.69 Å². The summed E-state index contributed by atoms with van der Waals surface area (Å²) in [6.07, 6.45) is -0.519.